The highest BCUT2D eigenvalue weighted by Gasteiger charge is 2.33. The molecule has 1 nitrogen and oxygen atoms in total. The van der Waals surface area contributed by atoms with Gasteiger partial charge in [0.25, 0.3) is 0 Å². The van der Waals surface area contributed by atoms with Crippen LogP contribution in [0.25, 0.3) is 0 Å². The molecule has 29 heavy (non-hydrogen) atoms. The van der Waals surface area contributed by atoms with Crippen LogP contribution in [-0.4, -0.2) is 6.04 Å². The second-order valence-electron chi connectivity index (χ2n) is 8.30. The summed E-state index contributed by atoms with van der Waals surface area (Å²) in [5.74, 6) is 0. The first-order valence-corrected chi connectivity index (χ1v) is 11.9. The lowest BCUT2D eigenvalue weighted by atomic mass is 10.0. The van der Waals surface area contributed by atoms with E-state index in [0.29, 0.717) is 12.1 Å². The molecule has 2 aromatic rings. The summed E-state index contributed by atoms with van der Waals surface area (Å²) in [6.07, 6.45) is 17.9. The van der Waals surface area contributed by atoms with E-state index < -0.39 is 0 Å². The van der Waals surface area contributed by atoms with E-state index in [-0.39, 0.29) is 0 Å². The number of anilines is 1. The summed E-state index contributed by atoms with van der Waals surface area (Å²) >= 11 is 6.15. The maximum atomic E-state index is 6.15. The highest BCUT2D eigenvalue weighted by Crippen LogP contribution is 2.41. The van der Waals surface area contributed by atoms with Crippen molar-refractivity contribution in [2.45, 2.75) is 83.2 Å². The van der Waals surface area contributed by atoms with Crippen LogP contribution in [0.5, 0.6) is 0 Å². The molecule has 1 aliphatic rings. The van der Waals surface area contributed by atoms with Crippen molar-refractivity contribution < 1.29 is 0 Å². The van der Waals surface area contributed by atoms with E-state index in [9.17, 15) is 0 Å². The van der Waals surface area contributed by atoms with Crippen LogP contribution < -0.4 is 4.90 Å². The second kappa shape index (κ2) is 12.1. The lowest BCUT2D eigenvalue weighted by Gasteiger charge is -2.32. The van der Waals surface area contributed by atoms with Gasteiger partial charge in [-0.25, -0.2) is 0 Å². The number of nitrogens with zero attached hydrogens (tertiary/aromatic N) is 1. The van der Waals surface area contributed by atoms with E-state index in [1.807, 2.05) is 12.1 Å². The predicted octanol–water partition coefficient (Wildman–Crippen LogP) is 8.75. The first-order valence-electron chi connectivity index (χ1n) is 11.5. The number of rotatable bonds is 11. The van der Waals surface area contributed by atoms with Crippen LogP contribution in [0, 0.1) is 0 Å². The Hall–Kier alpha value is -1.73. The van der Waals surface area contributed by atoms with Gasteiger partial charge in [-0.1, -0.05) is 93.1 Å². The van der Waals surface area contributed by atoms with Crippen LogP contribution in [0.1, 0.15) is 82.7 Å². The Labute approximate surface area is 182 Å². The molecule has 0 radical (unpaired) electrons. The summed E-state index contributed by atoms with van der Waals surface area (Å²) in [5.41, 5.74) is 2.70. The molecule has 156 valence electrons. The quantitative estimate of drug-likeness (QED) is 0.265. The first kappa shape index (κ1) is 22.0. The molecular weight excluding hydrogens is 374 g/mol. The Morgan fingerprint density at radius 3 is 2.34 bits per heavy atom. The minimum absolute atomic E-state index is 0.453. The van der Waals surface area contributed by atoms with E-state index in [2.05, 4.69) is 66.4 Å². The summed E-state index contributed by atoms with van der Waals surface area (Å²) < 4.78 is 0. The van der Waals surface area contributed by atoms with Gasteiger partial charge in [0.2, 0.25) is 0 Å². The van der Waals surface area contributed by atoms with Crippen molar-refractivity contribution in [3.63, 3.8) is 0 Å². The molecule has 2 heteroatoms. The summed E-state index contributed by atoms with van der Waals surface area (Å²) in [6, 6.07) is 20.4. The van der Waals surface area contributed by atoms with Gasteiger partial charge >= 0.3 is 0 Å². The normalized spacial score (nSPS) is 19.3. The fourth-order valence-electron chi connectivity index (χ4n) is 4.53. The molecule has 0 spiro atoms. The summed E-state index contributed by atoms with van der Waals surface area (Å²) in [4.78, 5) is 2.63. The van der Waals surface area contributed by atoms with Gasteiger partial charge in [0.1, 0.15) is 0 Å². The zero-order valence-corrected chi connectivity index (χ0v) is 18.7. The minimum Gasteiger partial charge on any atom is -0.361 e. The third-order valence-corrected chi connectivity index (χ3v) is 6.36. The SMILES string of the molecule is CCCCCCCC/C=C/C[C@H]1CC[C@@H](c2ccccc2)N1c1ccc(Cl)cc1. The molecule has 0 aliphatic carbocycles. The average molecular weight is 410 g/mol. The van der Waals surface area contributed by atoms with Gasteiger partial charge in [0, 0.05) is 16.8 Å². The number of halogens is 1. The molecule has 2 aromatic carbocycles. The average Bonchev–Trinajstić information content (AvgIpc) is 3.17. The number of unbranched alkanes of at least 4 members (excludes halogenated alkanes) is 6. The van der Waals surface area contributed by atoms with E-state index in [1.165, 1.54) is 69.0 Å². The topological polar surface area (TPSA) is 3.24 Å². The van der Waals surface area contributed by atoms with Crippen molar-refractivity contribution in [2.24, 2.45) is 0 Å². The second-order valence-corrected chi connectivity index (χ2v) is 8.74. The maximum Gasteiger partial charge on any atom is 0.0546 e. The highest BCUT2D eigenvalue weighted by molar-refractivity contribution is 6.30. The zero-order chi connectivity index (χ0) is 20.3. The lowest BCUT2D eigenvalue weighted by Crippen LogP contribution is -2.31. The van der Waals surface area contributed by atoms with E-state index in [4.69, 9.17) is 11.6 Å². The molecule has 2 atom stereocenters. The van der Waals surface area contributed by atoms with Gasteiger partial charge in [-0.2, -0.15) is 0 Å². The van der Waals surface area contributed by atoms with Gasteiger partial charge in [-0.05, 0) is 61.9 Å². The first-order chi connectivity index (χ1) is 14.3. The standard InChI is InChI=1S/C27H36ClN/c1-2-3-4-5-6-7-8-9-13-16-25-21-22-27(23-14-11-10-12-15-23)29(25)26-19-17-24(28)18-20-26/h9-15,17-20,25,27H,2-8,16,21-22H2,1H3/b13-9+/t25-,27-/m0/s1. The molecule has 0 amide bonds. The van der Waals surface area contributed by atoms with Gasteiger partial charge in [0.15, 0.2) is 0 Å². The molecule has 0 unspecified atom stereocenters. The van der Waals surface area contributed by atoms with Crippen molar-refractivity contribution in [3.05, 3.63) is 77.3 Å². The van der Waals surface area contributed by atoms with Crippen molar-refractivity contribution in [1.29, 1.82) is 0 Å². The third kappa shape index (κ3) is 6.64. The molecule has 1 heterocycles. The zero-order valence-electron chi connectivity index (χ0n) is 17.9. The van der Waals surface area contributed by atoms with Crippen LogP contribution in [-0.2, 0) is 0 Å². The van der Waals surface area contributed by atoms with Crippen molar-refractivity contribution >= 4 is 17.3 Å². The third-order valence-electron chi connectivity index (χ3n) is 6.11. The van der Waals surface area contributed by atoms with Crippen LogP contribution in [0.15, 0.2) is 66.7 Å². The summed E-state index contributed by atoms with van der Waals surface area (Å²) in [7, 11) is 0. The Kier molecular flexibility index (Phi) is 9.15. The molecule has 1 aliphatic heterocycles. The van der Waals surface area contributed by atoms with E-state index >= 15 is 0 Å². The monoisotopic (exact) mass is 409 g/mol. The largest absolute Gasteiger partial charge is 0.361 e. The van der Waals surface area contributed by atoms with Crippen LogP contribution in [0.4, 0.5) is 5.69 Å². The minimum atomic E-state index is 0.453. The molecular formula is C27H36ClN. The summed E-state index contributed by atoms with van der Waals surface area (Å²) in [6.45, 7) is 2.28. The van der Waals surface area contributed by atoms with Gasteiger partial charge in [-0.15, -0.1) is 0 Å². The number of benzene rings is 2. The fraction of sp³-hybridized carbons (Fsp3) is 0.481. The Morgan fingerprint density at radius 2 is 1.59 bits per heavy atom. The molecule has 0 aromatic heterocycles. The van der Waals surface area contributed by atoms with Crippen molar-refractivity contribution in [2.75, 3.05) is 4.90 Å². The molecule has 1 saturated heterocycles. The number of hydrogen-bond donors (Lipinski definition) is 0. The molecule has 0 bridgehead atoms. The van der Waals surface area contributed by atoms with Crippen LogP contribution >= 0.6 is 11.6 Å². The van der Waals surface area contributed by atoms with E-state index in [1.54, 1.807) is 0 Å². The Balaban J connectivity index is 1.58. The molecule has 3 rings (SSSR count). The predicted molar refractivity (Wildman–Crippen MR) is 128 cm³/mol. The lowest BCUT2D eigenvalue weighted by molar-refractivity contribution is 0.610. The van der Waals surface area contributed by atoms with E-state index in [0.717, 1.165) is 11.4 Å². The fourth-order valence-corrected chi connectivity index (χ4v) is 4.66. The van der Waals surface area contributed by atoms with Gasteiger partial charge in [-0.3, -0.25) is 0 Å². The molecule has 0 N–H and O–H groups in total. The van der Waals surface area contributed by atoms with Crippen LogP contribution in [0.2, 0.25) is 5.02 Å². The van der Waals surface area contributed by atoms with Gasteiger partial charge < -0.3 is 4.90 Å². The Bertz CT molecular complexity index is 722. The maximum absolute atomic E-state index is 6.15. The highest BCUT2D eigenvalue weighted by atomic mass is 35.5. The Morgan fingerprint density at radius 1 is 0.862 bits per heavy atom. The van der Waals surface area contributed by atoms with Crippen molar-refractivity contribution in [1.82, 2.24) is 0 Å². The van der Waals surface area contributed by atoms with Crippen molar-refractivity contribution in [3.8, 4) is 0 Å². The molecule has 1 fully saturated rings. The number of hydrogen-bond acceptors (Lipinski definition) is 1. The smallest absolute Gasteiger partial charge is 0.0546 e. The van der Waals surface area contributed by atoms with Gasteiger partial charge in [0.05, 0.1) is 6.04 Å². The summed E-state index contributed by atoms with van der Waals surface area (Å²) in [5, 5.41) is 0.805. The number of allylic oxidation sites excluding steroid dienone is 1. The molecule has 0 saturated carbocycles. The van der Waals surface area contributed by atoms with Crippen LogP contribution in [0.3, 0.4) is 0 Å².